The van der Waals surface area contributed by atoms with Crippen molar-refractivity contribution in [2.45, 2.75) is 58.0 Å². The van der Waals surface area contributed by atoms with Crippen LogP contribution in [0.2, 0.25) is 0 Å². The maximum absolute atomic E-state index is 13.4. The summed E-state index contributed by atoms with van der Waals surface area (Å²) >= 11 is 0. The van der Waals surface area contributed by atoms with Gasteiger partial charge in [-0.15, -0.1) is 0 Å². The first-order valence-corrected chi connectivity index (χ1v) is 12.1. The first kappa shape index (κ1) is 21.1. The Morgan fingerprint density at radius 2 is 1.88 bits per heavy atom. The third-order valence-electron chi connectivity index (χ3n) is 6.71. The van der Waals surface area contributed by atoms with Crippen LogP contribution in [0.15, 0.2) is 53.3 Å². The van der Waals surface area contributed by atoms with Crippen LogP contribution in [0.5, 0.6) is 0 Å². The lowest BCUT2D eigenvalue weighted by Crippen LogP contribution is -2.23. The molecule has 2 aliphatic rings. The van der Waals surface area contributed by atoms with E-state index in [1.165, 1.54) is 11.1 Å². The number of fused-ring (bicyclic) bond motifs is 2. The molecule has 1 aromatic carbocycles. The van der Waals surface area contributed by atoms with E-state index < -0.39 is 0 Å². The highest BCUT2D eigenvalue weighted by Crippen LogP contribution is 2.36. The number of hydrogen-bond donors (Lipinski definition) is 2. The quantitative estimate of drug-likeness (QED) is 0.471. The summed E-state index contributed by atoms with van der Waals surface area (Å²) in [5, 5.41) is 7.50. The molecule has 0 atom stereocenters. The van der Waals surface area contributed by atoms with Gasteiger partial charge in [0, 0.05) is 23.3 Å². The Bertz CT molecular complexity index is 1450. The summed E-state index contributed by atoms with van der Waals surface area (Å²) < 4.78 is 3.77. The minimum absolute atomic E-state index is 0.000586. The normalized spacial score (nSPS) is 16.0. The second-order valence-corrected chi connectivity index (χ2v) is 10.4. The van der Waals surface area contributed by atoms with E-state index in [2.05, 4.69) is 49.6 Å². The number of aromatic nitrogens is 4. The maximum atomic E-state index is 13.4. The van der Waals surface area contributed by atoms with Gasteiger partial charge in [-0.1, -0.05) is 32.9 Å². The monoisotopic (exact) mass is 454 g/mol. The Morgan fingerprint density at radius 3 is 2.68 bits per heavy atom. The van der Waals surface area contributed by atoms with Gasteiger partial charge in [0.15, 0.2) is 11.5 Å². The Kier molecular flexibility index (Phi) is 4.85. The lowest BCUT2D eigenvalue weighted by atomic mass is 9.92. The van der Waals surface area contributed by atoms with Crippen molar-refractivity contribution >= 4 is 22.5 Å². The molecule has 3 aromatic heterocycles. The number of pyridine rings is 2. The van der Waals surface area contributed by atoms with E-state index in [0.717, 1.165) is 49.6 Å². The Balaban J connectivity index is 1.46. The minimum atomic E-state index is -0.0921. The fourth-order valence-electron chi connectivity index (χ4n) is 4.69. The molecular formula is C27H30N6O. The summed E-state index contributed by atoms with van der Waals surface area (Å²) in [6.07, 6.45) is 3.06. The average Bonchev–Trinajstić information content (AvgIpc) is 3.62. The fourth-order valence-corrected chi connectivity index (χ4v) is 4.69. The van der Waals surface area contributed by atoms with Crippen LogP contribution in [0.4, 0.5) is 11.5 Å². The summed E-state index contributed by atoms with van der Waals surface area (Å²) in [6, 6.07) is 16.5. The third-order valence-corrected chi connectivity index (χ3v) is 6.71. The molecule has 1 aliphatic carbocycles. The zero-order valence-electron chi connectivity index (χ0n) is 19.9. The number of nitrogens with one attached hydrogen (secondary N) is 2. The Labute approximate surface area is 198 Å². The van der Waals surface area contributed by atoms with Crippen molar-refractivity contribution in [2.24, 2.45) is 0 Å². The number of hydrogen-bond acceptors (Lipinski definition) is 5. The van der Waals surface area contributed by atoms with Gasteiger partial charge in [-0.3, -0.25) is 4.79 Å². The zero-order valence-corrected chi connectivity index (χ0v) is 19.9. The van der Waals surface area contributed by atoms with Crippen LogP contribution in [-0.2, 0) is 18.4 Å². The van der Waals surface area contributed by atoms with Gasteiger partial charge in [-0.25, -0.2) is 19.3 Å². The van der Waals surface area contributed by atoms with Crippen molar-refractivity contribution in [3.63, 3.8) is 0 Å². The first-order chi connectivity index (χ1) is 16.4. The minimum Gasteiger partial charge on any atom is -0.340 e. The maximum Gasteiger partial charge on any atom is 0.276 e. The Hall–Kier alpha value is -3.45. The lowest BCUT2D eigenvalue weighted by Gasteiger charge is -2.19. The SMILES string of the molecule is CC(C)(C)c1cccc(-n2c3nc(Nc4ccc5c(c4)CNCC5)ccc3c(=O)n2C2CC2)n1. The van der Waals surface area contributed by atoms with E-state index in [4.69, 9.17) is 9.97 Å². The number of anilines is 2. The summed E-state index contributed by atoms with van der Waals surface area (Å²) in [6.45, 7) is 8.36. The summed E-state index contributed by atoms with van der Waals surface area (Å²) in [4.78, 5) is 23.2. The second kappa shape index (κ2) is 7.81. The molecule has 6 rings (SSSR count). The van der Waals surface area contributed by atoms with Gasteiger partial charge in [0.1, 0.15) is 5.82 Å². The first-order valence-electron chi connectivity index (χ1n) is 12.1. The molecule has 34 heavy (non-hydrogen) atoms. The molecule has 2 N–H and O–H groups in total. The molecule has 0 unspecified atom stereocenters. The molecule has 1 aliphatic heterocycles. The molecule has 7 nitrogen and oxygen atoms in total. The van der Waals surface area contributed by atoms with Crippen LogP contribution in [0.25, 0.3) is 16.9 Å². The molecule has 7 heteroatoms. The van der Waals surface area contributed by atoms with Gasteiger partial charge < -0.3 is 10.6 Å². The third kappa shape index (κ3) is 3.70. The second-order valence-electron chi connectivity index (χ2n) is 10.4. The zero-order chi connectivity index (χ0) is 23.4. The van der Waals surface area contributed by atoms with Crippen molar-refractivity contribution in [3.05, 3.63) is 75.7 Å². The van der Waals surface area contributed by atoms with E-state index in [1.807, 2.05) is 39.7 Å². The summed E-state index contributed by atoms with van der Waals surface area (Å²) in [7, 11) is 0. The molecule has 4 aromatic rings. The topological polar surface area (TPSA) is 76.8 Å². The summed E-state index contributed by atoms with van der Waals surface area (Å²) in [5.41, 5.74) is 5.24. The molecule has 0 bridgehead atoms. The highest BCUT2D eigenvalue weighted by Gasteiger charge is 2.31. The van der Waals surface area contributed by atoms with Gasteiger partial charge in [0.2, 0.25) is 0 Å². The predicted molar refractivity (Wildman–Crippen MR) is 135 cm³/mol. The number of rotatable bonds is 4. The lowest BCUT2D eigenvalue weighted by molar-refractivity contribution is 0.537. The average molecular weight is 455 g/mol. The number of nitrogens with zero attached hydrogens (tertiary/aromatic N) is 4. The van der Waals surface area contributed by atoms with Gasteiger partial charge in [-0.2, -0.15) is 0 Å². The highest BCUT2D eigenvalue weighted by atomic mass is 16.1. The predicted octanol–water partition coefficient (Wildman–Crippen LogP) is 4.60. The summed E-state index contributed by atoms with van der Waals surface area (Å²) in [5.74, 6) is 1.45. The molecule has 174 valence electrons. The fraction of sp³-hybridized carbons (Fsp3) is 0.370. The highest BCUT2D eigenvalue weighted by molar-refractivity contribution is 5.79. The van der Waals surface area contributed by atoms with E-state index in [0.29, 0.717) is 16.9 Å². The van der Waals surface area contributed by atoms with Crippen LogP contribution >= 0.6 is 0 Å². The molecule has 4 heterocycles. The Morgan fingerprint density at radius 1 is 1.03 bits per heavy atom. The van der Waals surface area contributed by atoms with E-state index in [1.54, 1.807) is 0 Å². The van der Waals surface area contributed by atoms with Crippen molar-refractivity contribution < 1.29 is 0 Å². The van der Waals surface area contributed by atoms with Crippen molar-refractivity contribution in [1.29, 1.82) is 0 Å². The van der Waals surface area contributed by atoms with Crippen molar-refractivity contribution in [1.82, 2.24) is 24.6 Å². The van der Waals surface area contributed by atoms with E-state index >= 15 is 0 Å². The van der Waals surface area contributed by atoms with Gasteiger partial charge >= 0.3 is 0 Å². The smallest absolute Gasteiger partial charge is 0.276 e. The van der Waals surface area contributed by atoms with Crippen LogP contribution < -0.4 is 16.2 Å². The number of benzene rings is 1. The standard InChI is InChI=1S/C27H30N6O/c1-27(2,3)22-5-4-6-24(30-22)33-25-21(26(34)32(33)20-9-10-20)11-12-23(31-25)29-19-8-7-17-13-14-28-16-18(17)15-19/h4-8,11-12,15,20,28H,9-10,13-14,16H2,1-3H3,(H,29,31). The van der Waals surface area contributed by atoms with Crippen LogP contribution in [0, 0.1) is 0 Å². The molecule has 0 amide bonds. The van der Waals surface area contributed by atoms with Gasteiger partial charge in [0.05, 0.1) is 11.4 Å². The van der Waals surface area contributed by atoms with Gasteiger partial charge in [0.25, 0.3) is 5.56 Å². The van der Waals surface area contributed by atoms with Crippen LogP contribution in [0.1, 0.15) is 56.5 Å². The van der Waals surface area contributed by atoms with E-state index in [-0.39, 0.29) is 17.0 Å². The van der Waals surface area contributed by atoms with Crippen molar-refractivity contribution in [2.75, 3.05) is 11.9 Å². The molecule has 0 saturated heterocycles. The van der Waals surface area contributed by atoms with Gasteiger partial charge in [-0.05, 0) is 73.3 Å². The van der Waals surface area contributed by atoms with Crippen LogP contribution in [0.3, 0.4) is 0 Å². The van der Waals surface area contributed by atoms with Crippen LogP contribution in [-0.4, -0.2) is 25.9 Å². The molecule has 1 fully saturated rings. The molecule has 1 saturated carbocycles. The largest absolute Gasteiger partial charge is 0.340 e. The van der Waals surface area contributed by atoms with Crippen molar-refractivity contribution in [3.8, 4) is 5.82 Å². The molecule has 0 spiro atoms. The molecular weight excluding hydrogens is 424 g/mol. The van der Waals surface area contributed by atoms with E-state index in [9.17, 15) is 4.79 Å². The molecule has 0 radical (unpaired) electrons.